The molecule has 0 radical (unpaired) electrons. The van der Waals surface area contributed by atoms with E-state index in [0.29, 0.717) is 18.9 Å². The van der Waals surface area contributed by atoms with Gasteiger partial charge in [0, 0.05) is 24.7 Å². The maximum absolute atomic E-state index is 12.0. The molecular formula is C16H29N3O. The van der Waals surface area contributed by atoms with Gasteiger partial charge in [0.05, 0.1) is 12.1 Å². The number of nitrogens with two attached hydrogens (primary N) is 1. The quantitative estimate of drug-likeness (QED) is 0.834. The van der Waals surface area contributed by atoms with Crippen molar-refractivity contribution in [3.05, 3.63) is 18.0 Å². The van der Waals surface area contributed by atoms with Crippen molar-refractivity contribution in [2.75, 3.05) is 0 Å². The van der Waals surface area contributed by atoms with Gasteiger partial charge in [-0.1, -0.05) is 27.7 Å². The molecule has 20 heavy (non-hydrogen) atoms. The Labute approximate surface area is 122 Å². The summed E-state index contributed by atoms with van der Waals surface area (Å²) in [5.74, 6) is 0.177. The molecule has 1 rings (SSSR count). The van der Waals surface area contributed by atoms with Crippen LogP contribution in [0, 0.1) is 5.41 Å². The van der Waals surface area contributed by atoms with Gasteiger partial charge in [-0.3, -0.25) is 9.48 Å². The van der Waals surface area contributed by atoms with Crippen molar-refractivity contribution in [2.24, 2.45) is 11.1 Å². The smallest absolute Gasteiger partial charge is 0.140 e. The molecule has 0 fully saturated rings. The van der Waals surface area contributed by atoms with Gasteiger partial charge in [-0.25, -0.2) is 0 Å². The predicted molar refractivity (Wildman–Crippen MR) is 82.6 cm³/mol. The van der Waals surface area contributed by atoms with Crippen LogP contribution in [0.2, 0.25) is 0 Å². The van der Waals surface area contributed by atoms with Crippen LogP contribution >= 0.6 is 0 Å². The molecule has 114 valence electrons. The molecule has 2 atom stereocenters. The lowest BCUT2D eigenvalue weighted by Crippen LogP contribution is -2.29. The molecule has 0 saturated heterocycles. The molecule has 4 heteroatoms. The molecule has 0 aliphatic heterocycles. The number of nitrogens with zero attached hydrogens (tertiary/aromatic N) is 2. The van der Waals surface area contributed by atoms with E-state index in [1.807, 2.05) is 16.9 Å². The van der Waals surface area contributed by atoms with Crippen LogP contribution in [0.25, 0.3) is 0 Å². The van der Waals surface area contributed by atoms with E-state index in [1.165, 1.54) is 0 Å². The van der Waals surface area contributed by atoms with Crippen molar-refractivity contribution in [1.29, 1.82) is 0 Å². The Hall–Kier alpha value is -1.16. The molecule has 0 aliphatic carbocycles. The molecule has 0 bridgehead atoms. The second-order valence-corrected chi connectivity index (χ2v) is 6.99. The zero-order chi connectivity index (χ0) is 15.3. The summed E-state index contributed by atoms with van der Waals surface area (Å²) in [4.78, 5) is 12.0. The first-order valence-corrected chi connectivity index (χ1v) is 7.52. The van der Waals surface area contributed by atoms with Crippen molar-refractivity contribution in [3.8, 4) is 0 Å². The minimum Gasteiger partial charge on any atom is -0.327 e. The molecule has 1 heterocycles. The SMILES string of the molecule is CCC(C)n1ccc(CC(=O)CC(N)CC(C)(C)C)n1. The molecule has 0 aliphatic rings. The second kappa shape index (κ2) is 7.02. The van der Waals surface area contributed by atoms with Gasteiger partial charge in [-0.05, 0) is 31.2 Å². The van der Waals surface area contributed by atoms with Crippen molar-refractivity contribution < 1.29 is 4.79 Å². The van der Waals surface area contributed by atoms with E-state index in [4.69, 9.17) is 5.73 Å². The van der Waals surface area contributed by atoms with Crippen molar-refractivity contribution in [1.82, 2.24) is 9.78 Å². The average molecular weight is 279 g/mol. The molecule has 0 spiro atoms. The summed E-state index contributed by atoms with van der Waals surface area (Å²) in [5, 5.41) is 4.46. The summed E-state index contributed by atoms with van der Waals surface area (Å²) in [5.41, 5.74) is 7.05. The summed E-state index contributed by atoms with van der Waals surface area (Å²) < 4.78 is 1.93. The Morgan fingerprint density at radius 3 is 2.65 bits per heavy atom. The fourth-order valence-electron chi connectivity index (χ4n) is 2.33. The number of carbonyl (C=O) groups excluding carboxylic acids is 1. The minimum absolute atomic E-state index is 0.0563. The molecular weight excluding hydrogens is 250 g/mol. The molecule has 0 saturated carbocycles. The third kappa shape index (κ3) is 5.87. The highest BCUT2D eigenvalue weighted by atomic mass is 16.1. The number of ketones is 1. The third-order valence-corrected chi connectivity index (χ3v) is 3.45. The Bertz CT molecular complexity index is 431. The lowest BCUT2D eigenvalue weighted by molar-refractivity contribution is -0.118. The van der Waals surface area contributed by atoms with Crippen molar-refractivity contribution >= 4 is 5.78 Å². The van der Waals surface area contributed by atoms with E-state index < -0.39 is 0 Å². The van der Waals surface area contributed by atoms with Gasteiger partial charge in [0.2, 0.25) is 0 Å². The Morgan fingerprint density at radius 2 is 2.10 bits per heavy atom. The number of Topliss-reactive ketones (excluding diaryl/α,β-unsaturated/α-hetero) is 1. The standard InChI is InChI=1S/C16H29N3O/c1-6-12(2)19-8-7-14(18-19)10-15(20)9-13(17)11-16(3,4)5/h7-8,12-13H,6,9-11,17H2,1-5H3. The van der Waals surface area contributed by atoms with Gasteiger partial charge in [0.25, 0.3) is 0 Å². The van der Waals surface area contributed by atoms with Crippen LogP contribution in [0.15, 0.2) is 12.3 Å². The summed E-state index contributed by atoms with van der Waals surface area (Å²) in [7, 11) is 0. The average Bonchev–Trinajstić information content (AvgIpc) is 2.73. The maximum Gasteiger partial charge on any atom is 0.140 e. The normalized spacial score (nSPS) is 15.1. The first kappa shape index (κ1) is 16.9. The summed E-state index contributed by atoms with van der Waals surface area (Å²) >= 11 is 0. The lowest BCUT2D eigenvalue weighted by Gasteiger charge is -2.22. The lowest BCUT2D eigenvalue weighted by atomic mass is 9.86. The van der Waals surface area contributed by atoms with E-state index >= 15 is 0 Å². The number of aromatic nitrogens is 2. The van der Waals surface area contributed by atoms with Gasteiger partial charge >= 0.3 is 0 Å². The van der Waals surface area contributed by atoms with Crippen LogP contribution < -0.4 is 5.73 Å². The van der Waals surface area contributed by atoms with E-state index in [1.54, 1.807) is 0 Å². The molecule has 1 aromatic rings. The Balaban J connectivity index is 2.48. The highest BCUT2D eigenvalue weighted by molar-refractivity contribution is 5.80. The number of rotatable bonds is 7. The van der Waals surface area contributed by atoms with Crippen molar-refractivity contribution in [2.45, 2.75) is 72.4 Å². The van der Waals surface area contributed by atoms with E-state index in [-0.39, 0.29) is 17.2 Å². The first-order chi connectivity index (χ1) is 9.21. The zero-order valence-electron chi connectivity index (χ0n) is 13.5. The summed E-state index contributed by atoms with van der Waals surface area (Å²) in [6.07, 6.45) is 4.67. The summed E-state index contributed by atoms with van der Waals surface area (Å²) in [6, 6.07) is 2.25. The minimum atomic E-state index is -0.0563. The predicted octanol–water partition coefficient (Wildman–Crippen LogP) is 3.12. The highest BCUT2D eigenvalue weighted by Gasteiger charge is 2.18. The first-order valence-electron chi connectivity index (χ1n) is 7.52. The van der Waals surface area contributed by atoms with Crippen LogP contribution in [-0.4, -0.2) is 21.6 Å². The number of hydrogen-bond donors (Lipinski definition) is 1. The molecule has 0 amide bonds. The zero-order valence-corrected chi connectivity index (χ0v) is 13.5. The number of carbonyl (C=O) groups is 1. The molecule has 2 N–H and O–H groups in total. The van der Waals surface area contributed by atoms with Gasteiger partial charge in [0.1, 0.15) is 5.78 Å². The van der Waals surface area contributed by atoms with Crippen LogP contribution in [0.4, 0.5) is 0 Å². The van der Waals surface area contributed by atoms with Gasteiger partial charge < -0.3 is 5.73 Å². The third-order valence-electron chi connectivity index (χ3n) is 3.45. The molecule has 0 aromatic carbocycles. The summed E-state index contributed by atoms with van der Waals surface area (Å²) in [6.45, 7) is 10.7. The van der Waals surface area contributed by atoms with E-state index in [9.17, 15) is 4.79 Å². The van der Waals surface area contributed by atoms with Crippen LogP contribution in [0.1, 0.15) is 65.6 Å². The highest BCUT2D eigenvalue weighted by Crippen LogP contribution is 2.21. The fraction of sp³-hybridized carbons (Fsp3) is 0.750. The number of hydrogen-bond acceptors (Lipinski definition) is 3. The Kier molecular flexibility index (Phi) is 5.93. The van der Waals surface area contributed by atoms with Crippen LogP contribution in [-0.2, 0) is 11.2 Å². The molecule has 4 nitrogen and oxygen atoms in total. The van der Waals surface area contributed by atoms with Gasteiger partial charge in [-0.2, -0.15) is 5.10 Å². The maximum atomic E-state index is 12.0. The van der Waals surface area contributed by atoms with Gasteiger partial charge in [0.15, 0.2) is 0 Å². The van der Waals surface area contributed by atoms with Crippen molar-refractivity contribution in [3.63, 3.8) is 0 Å². The van der Waals surface area contributed by atoms with Crippen LogP contribution in [0.5, 0.6) is 0 Å². The van der Waals surface area contributed by atoms with Crippen LogP contribution in [0.3, 0.4) is 0 Å². The topological polar surface area (TPSA) is 60.9 Å². The fourth-order valence-corrected chi connectivity index (χ4v) is 2.33. The van der Waals surface area contributed by atoms with E-state index in [2.05, 4.69) is 39.7 Å². The van der Waals surface area contributed by atoms with E-state index in [0.717, 1.165) is 18.5 Å². The largest absolute Gasteiger partial charge is 0.327 e. The molecule has 2 unspecified atom stereocenters. The molecule has 1 aromatic heterocycles. The Morgan fingerprint density at radius 1 is 1.45 bits per heavy atom. The monoisotopic (exact) mass is 279 g/mol. The second-order valence-electron chi connectivity index (χ2n) is 6.99. The van der Waals surface area contributed by atoms with Gasteiger partial charge in [-0.15, -0.1) is 0 Å².